The van der Waals surface area contributed by atoms with E-state index in [2.05, 4.69) is 24.4 Å². The molecule has 0 heterocycles. The standard InChI is InChI=1S/C13H20ClNO/c1-2-13(15-9-3-4-10-16)11-5-7-12(14)8-6-11/h5-8,13,15-16H,2-4,9-10H2,1H3. The van der Waals surface area contributed by atoms with Gasteiger partial charge < -0.3 is 10.4 Å². The van der Waals surface area contributed by atoms with Crippen LogP contribution in [-0.4, -0.2) is 18.3 Å². The van der Waals surface area contributed by atoms with Gasteiger partial charge in [0.15, 0.2) is 0 Å². The van der Waals surface area contributed by atoms with Crippen molar-refractivity contribution in [2.24, 2.45) is 0 Å². The molecule has 16 heavy (non-hydrogen) atoms. The van der Waals surface area contributed by atoms with E-state index < -0.39 is 0 Å². The number of hydrogen-bond donors (Lipinski definition) is 2. The fourth-order valence-corrected chi connectivity index (χ4v) is 1.83. The molecule has 0 amide bonds. The van der Waals surface area contributed by atoms with Crippen LogP contribution in [0.2, 0.25) is 5.02 Å². The summed E-state index contributed by atoms with van der Waals surface area (Å²) in [6.45, 7) is 3.39. The zero-order valence-corrected chi connectivity index (χ0v) is 10.5. The summed E-state index contributed by atoms with van der Waals surface area (Å²) < 4.78 is 0. The van der Waals surface area contributed by atoms with Crippen molar-refractivity contribution in [3.05, 3.63) is 34.9 Å². The van der Waals surface area contributed by atoms with E-state index in [1.54, 1.807) is 0 Å². The minimum atomic E-state index is 0.277. The smallest absolute Gasteiger partial charge is 0.0431 e. The van der Waals surface area contributed by atoms with Gasteiger partial charge in [-0.15, -0.1) is 0 Å². The topological polar surface area (TPSA) is 32.3 Å². The Kier molecular flexibility index (Phi) is 6.46. The van der Waals surface area contributed by atoms with Crippen LogP contribution in [0.25, 0.3) is 0 Å². The molecular formula is C13H20ClNO. The predicted molar refractivity (Wildman–Crippen MR) is 68.8 cm³/mol. The van der Waals surface area contributed by atoms with E-state index in [0.717, 1.165) is 30.8 Å². The Hall–Kier alpha value is -0.570. The summed E-state index contributed by atoms with van der Waals surface area (Å²) in [7, 11) is 0. The van der Waals surface area contributed by atoms with Crippen molar-refractivity contribution in [1.82, 2.24) is 5.32 Å². The molecule has 0 saturated heterocycles. The number of aliphatic hydroxyl groups excluding tert-OH is 1. The lowest BCUT2D eigenvalue weighted by molar-refractivity contribution is 0.282. The number of halogens is 1. The van der Waals surface area contributed by atoms with Crippen LogP contribution in [0.3, 0.4) is 0 Å². The monoisotopic (exact) mass is 241 g/mol. The van der Waals surface area contributed by atoms with Crippen molar-refractivity contribution in [3.8, 4) is 0 Å². The van der Waals surface area contributed by atoms with E-state index in [1.165, 1.54) is 5.56 Å². The molecule has 0 saturated carbocycles. The first kappa shape index (κ1) is 13.5. The summed E-state index contributed by atoms with van der Waals surface area (Å²) in [4.78, 5) is 0. The van der Waals surface area contributed by atoms with Crippen molar-refractivity contribution >= 4 is 11.6 Å². The molecule has 1 atom stereocenters. The molecule has 0 aliphatic carbocycles. The first-order valence-corrected chi connectivity index (χ1v) is 6.25. The summed E-state index contributed by atoms with van der Waals surface area (Å²) in [5.74, 6) is 0. The van der Waals surface area contributed by atoms with Crippen LogP contribution in [0.5, 0.6) is 0 Å². The maximum absolute atomic E-state index is 8.69. The third-order valence-electron chi connectivity index (χ3n) is 2.66. The lowest BCUT2D eigenvalue weighted by Gasteiger charge is -2.17. The van der Waals surface area contributed by atoms with Gasteiger partial charge in [-0.3, -0.25) is 0 Å². The Labute approximate surface area is 103 Å². The van der Waals surface area contributed by atoms with Crippen LogP contribution >= 0.6 is 11.6 Å². The molecule has 2 N–H and O–H groups in total. The largest absolute Gasteiger partial charge is 0.396 e. The molecule has 1 aromatic rings. The molecule has 0 radical (unpaired) electrons. The highest BCUT2D eigenvalue weighted by Crippen LogP contribution is 2.18. The number of rotatable bonds is 7. The summed E-state index contributed by atoms with van der Waals surface area (Å²) in [6, 6.07) is 8.37. The van der Waals surface area contributed by atoms with Crippen LogP contribution in [0, 0.1) is 0 Å². The molecule has 3 heteroatoms. The van der Waals surface area contributed by atoms with Gasteiger partial charge in [0.2, 0.25) is 0 Å². The van der Waals surface area contributed by atoms with Crippen molar-refractivity contribution in [2.45, 2.75) is 32.2 Å². The number of aliphatic hydroxyl groups is 1. The fraction of sp³-hybridized carbons (Fsp3) is 0.538. The SMILES string of the molecule is CCC(NCCCCO)c1ccc(Cl)cc1. The van der Waals surface area contributed by atoms with Crippen molar-refractivity contribution in [3.63, 3.8) is 0 Å². The molecule has 1 aromatic carbocycles. The van der Waals surface area contributed by atoms with Gasteiger partial charge in [-0.05, 0) is 43.5 Å². The average Bonchev–Trinajstić information content (AvgIpc) is 2.31. The molecule has 0 aliphatic heterocycles. The van der Waals surface area contributed by atoms with Gasteiger partial charge in [0.1, 0.15) is 0 Å². The van der Waals surface area contributed by atoms with E-state index in [0.29, 0.717) is 6.04 Å². The summed E-state index contributed by atoms with van der Waals surface area (Å²) >= 11 is 5.86. The molecule has 1 unspecified atom stereocenters. The highest BCUT2D eigenvalue weighted by atomic mass is 35.5. The first-order valence-electron chi connectivity index (χ1n) is 5.87. The maximum Gasteiger partial charge on any atom is 0.0431 e. The van der Waals surface area contributed by atoms with Crippen LogP contribution in [0.4, 0.5) is 0 Å². The number of nitrogens with one attached hydrogen (secondary N) is 1. The zero-order valence-electron chi connectivity index (χ0n) is 9.75. The van der Waals surface area contributed by atoms with E-state index in [1.807, 2.05) is 12.1 Å². The number of benzene rings is 1. The van der Waals surface area contributed by atoms with E-state index >= 15 is 0 Å². The molecule has 0 aliphatic rings. The quantitative estimate of drug-likeness (QED) is 0.719. The minimum Gasteiger partial charge on any atom is -0.396 e. The summed E-state index contributed by atoms with van der Waals surface area (Å²) in [5, 5.41) is 13.0. The van der Waals surface area contributed by atoms with Crippen molar-refractivity contribution < 1.29 is 5.11 Å². The van der Waals surface area contributed by atoms with Gasteiger partial charge in [-0.25, -0.2) is 0 Å². The van der Waals surface area contributed by atoms with Gasteiger partial charge >= 0.3 is 0 Å². The molecule has 0 bridgehead atoms. The third-order valence-corrected chi connectivity index (χ3v) is 2.91. The van der Waals surface area contributed by atoms with E-state index in [4.69, 9.17) is 16.7 Å². The van der Waals surface area contributed by atoms with Gasteiger partial charge in [-0.2, -0.15) is 0 Å². The third kappa shape index (κ3) is 4.52. The second-order valence-electron chi connectivity index (χ2n) is 3.90. The summed E-state index contributed by atoms with van der Waals surface area (Å²) in [6.07, 6.45) is 2.94. The molecule has 90 valence electrons. The van der Waals surface area contributed by atoms with Gasteiger partial charge in [0, 0.05) is 17.7 Å². The molecule has 0 fully saturated rings. The lowest BCUT2D eigenvalue weighted by Crippen LogP contribution is -2.22. The molecule has 1 rings (SSSR count). The van der Waals surface area contributed by atoms with E-state index in [9.17, 15) is 0 Å². The number of unbranched alkanes of at least 4 members (excludes halogenated alkanes) is 1. The minimum absolute atomic E-state index is 0.277. The summed E-state index contributed by atoms with van der Waals surface area (Å²) in [5.41, 5.74) is 1.27. The highest BCUT2D eigenvalue weighted by Gasteiger charge is 2.07. The first-order chi connectivity index (χ1) is 7.77. The van der Waals surface area contributed by atoms with Crippen LogP contribution in [-0.2, 0) is 0 Å². The molecule has 0 aromatic heterocycles. The Morgan fingerprint density at radius 1 is 1.25 bits per heavy atom. The van der Waals surface area contributed by atoms with Gasteiger partial charge in [-0.1, -0.05) is 30.7 Å². The maximum atomic E-state index is 8.69. The Bertz CT molecular complexity index is 286. The Morgan fingerprint density at radius 2 is 1.94 bits per heavy atom. The predicted octanol–water partition coefficient (Wildman–Crippen LogP) is 3.15. The van der Waals surface area contributed by atoms with Gasteiger partial charge in [0.05, 0.1) is 0 Å². The normalized spacial score (nSPS) is 12.7. The second kappa shape index (κ2) is 7.66. The second-order valence-corrected chi connectivity index (χ2v) is 4.33. The molecule has 2 nitrogen and oxygen atoms in total. The highest BCUT2D eigenvalue weighted by molar-refractivity contribution is 6.30. The van der Waals surface area contributed by atoms with Crippen molar-refractivity contribution in [2.75, 3.05) is 13.2 Å². The van der Waals surface area contributed by atoms with Crippen LogP contribution in [0.15, 0.2) is 24.3 Å². The lowest BCUT2D eigenvalue weighted by atomic mass is 10.0. The molecule has 0 spiro atoms. The van der Waals surface area contributed by atoms with Crippen LogP contribution < -0.4 is 5.32 Å². The van der Waals surface area contributed by atoms with E-state index in [-0.39, 0.29) is 6.61 Å². The Balaban J connectivity index is 2.44. The molecular weight excluding hydrogens is 222 g/mol. The van der Waals surface area contributed by atoms with Crippen molar-refractivity contribution in [1.29, 1.82) is 0 Å². The fourth-order valence-electron chi connectivity index (χ4n) is 1.71. The zero-order chi connectivity index (χ0) is 11.8. The Morgan fingerprint density at radius 3 is 2.50 bits per heavy atom. The number of hydrogen-bond acceptors (Lipinski definition) is 2. The average molecular weight is 242 g/mol. The van der Waals surface area contributed by atoms with Crippen LogP contribution in [0.1, 0.15) is 37.8 Å². The van der Waals surface area contributed by atoms with Gasteiger partial charge in [0.25, 0.3) is 0 Å².